The molecule has 0 aromatic heterocycles. The average Bonchev–Trinajstić information content (AvgIpc) is 2.65. The zero-order chi connectivity index (χ0) is 30.3. The molecule has 1 aliphatic rings. The molecule has 0 N–H and O–H groups in total. The van der Waals surface area contributed by atoms with Gasteiger partial charge < -0.3 is 17.4 Å². The summed E-state index contributed by atoms with van der Waals surface area (Å²) >= 11 is 0. The second-order valence-electron chi connectivity index (χ2n) is 15.1. The molecule has 1 heterocycles. The summed E-state index contributed by atoms with van der Waals surface area (Å²) in [4.78, 5) is 12.9. The first kappa shape index (κ1) is 36.6. The fraction of sp³-hybridized carbons (Fsp3) is 0.885. The molecular formula is C26H58O5Si7. The van der Waals surface area contributed by atoms with Gasteiger partial charge in [0, 0.05) is 19.5 Å². The number of rotatable bonds is 14. The van der Waals surface area contributed by atoms with Gasteiger partial charge in [0.1, 0.15) is 11.8 Å². The minimum Gasteiger partial charge on any atom is -0.462 e. The lowest BCUT2D eigenvalue weighted by Crippen LogP contribution is -2.87. The predicted octanol–water partition coefficient (Wildman–Crippen LogP) is 6.82. The molecule has 1 atom stereocenters. The summed E-state index contributed by atoms with van der Waals surface area (Å²) < 4.78 is 28.6. The number of hydrogen-bond acceptors (Lipinski definition) is 5. The van der Waals surface area contributed by atoms with E-state index < -0.39 is 58.9 Å². The third-order valence-corrected chi connectivity index (χ3v) is 68.9. The van der Waals surface area contributed by atoms with E-state index in [1.165, 1.54) is 0 Å². The van der Waals surface area contributed by atoms with Gasteiger partial charge >= 0.3 is 15.3 Å². The lowest BCUT2D eigenvalue weighted by molar-refractivity contribution is -0.165. The smallest absolute Gasteiger partial charge is 0.397 e. The highest BCUT2D eigenvalue weighted by molar-refractivity contribution is 7.99. The Kier molecular flexibility index (Phi) is 12.0. The molecule has 5 nitrogen and oxygen atoms in total. The van der Waals surface area contributed by atoms with E-state index in [1.807, 2.05) is 0 Å². The summed E-state index contributed by atoms with van der Waals surface area (Å²) in [5, 5.41) is -0.663. The van der Waals surface area contributed by atoms with Crippen molar-refractivity contribution < 1.29 is 22.2 Å². The molecule has 1 aliphatic heterocycles. The number of ether oxygens (including phenoxy) is 1. The number of esters is 1. The third-order valence-electron chi connectivity index (χ3n) is 7.48. The fourth-order valence-electron chi connectivity index (χ4n) is 6.25. The fourth-order valence-corrected chi connectivity index (χ4v) is 95.0. The van der Waals surface area contributed by atoms with Crippen LogP contribution in [-0.4, -0.2) is 74.6 Å². The second-order valence-corrected chi connectivity index (χ2v) is 59.4. The molecule has 1 saturated heterocycles. The molecule has 38 heavy (non-hydrogen) atoms. The highest BCUT2D eigenvalue weighted by Gasteiger charge is 2.71. The molecule has 1 rings (SSSR count). The maximum absolute atomic E-state index is 12.9. The first-order valence-corrected chi connectivity index (χ1v) is 34.8. The molecule has 0 bridgehead atoms. The van der Waals surface area contributed by atoms with Crippen LogP contribution < -0.4 is 0 Å². The topological polar surface area (TPSA) is 54.0 Å². The van der Waals surface area contributed by atoms with Crippen molar-refractivity contribution in [3.8, 4) is 0 Å². The summed E-state index contributed by atoms with van der Waals surface area (Å²) in [7, 11) is -8.88. The number of carbonyl (C=O) groups is 1. The molecule has 4 radical (unpaired) electrons. The van der Waals surface area contributed by atoms with Gasteiger partial charge in [0.05, 0.1) is 14.2 Å². The van der Waals surface area contributed by atoms with Crippen LogP contribution in [0.15, 0.2) is 12.2 Å². The van der Waals surface area contributed by atoms with E-state index in [0.29, 0.717) is 5.57 Å². The van der Waals surface area contributed by atoms with E-state index >= 15 is 0 Å². The van der Waals surface area contributed by atoms with Crippen LogP contribution in [0.3, 0.4) is 0 Å². The van der Waals surface area contributed by atoms with Crippen molar-refractivity contribution in [2.45, 2.75) is 119 Å². The molecular weight excluding hydrogens is 589 g/mol. The summed E-state index contributed by atoms with van der Waals surface area (Å²) in [5.74, 6) is 0.159. The average molecular weight is 647 g/mol. The SMILES string of the molecule is C=C(C)C(=O)OCC(C(C)C)(C(C)C)C(O[Si]1[Si](C)(C)[Si][Si]1(C)C)(C(C)C)[Si](O[Si](C)(C)C)O[Si](C)(C)C. The van der Waals surface area contributed by atoms with Crippen LogP contribution in [0.5, 0.6) is 0 Å². The number of hydrogen-bond donors (Lipinski definition) is 0. The van der Waals surface area contributed by atoms with E-state index in [0.717, 1.165) is 8.55 Å². The van der Waals surface area contributed by atoms with Crippen LogP contribution in [0.1, 0.15) is 48.5 Å². The van der Waals surface area contributed by atoms with E-state index in [4.69, 9.17) is 17.4 Å². The lowest BCUT2D eigenvalue weighted by atomic mass is 9.62. The molecule has 0 amide bonds. The Morgan fingerprint density at radius 2 is 1.26 bits per heavy atom. The minimum atomic E-state index is -2.02. The molecule has 0 aromatic carbocycles. The van der Waals surface area contributed by atoms with Crippen LogP contribution in [-0.2, 0) is 22.2 Å². The van der Waals surface area contributed by atoms with Gasteiger partial charge in [-0.3, -0.25) is 0 Å². The Labute approximate surface area is 245 Å². The monoisotopic (exact) mass is 646 g/mol. The Bertz CT molecular complexity index is 808. The van der Waals surface area contributed by atoms with Crippen LogP contribution in [0.25, 0.3) is 0 Å². The number of carbonyl (C=O) groups excluding carboxylic acids is 1. The highest BCUT2D eigenvalue weighted by atomic mass is 30.2. The lowest BCUT2D eigenvalue weighted by Gasteiger charge is -2.64. The maximum atomic E-state index is 12.9. The Morgan fingerprint density at radius 1 is 0.868 bits per heavy atom. The first-order valence-electron chi connectivity index (χ1n) is 14.2. The van der Waals surface area contributed by atoms with Crippen LogP contribution in [0, 0.1) is 23.2 Å². The van der Waals surface area contributed by atoms with Gasteiger partial charge in [-0.15, -0.1) is 0 Å². The Balaban J connectivity index is 4.16. The summed E-state index contributed by atoms with van der Waals surface area (Å²) in [6.07, 6.45) is 0. The third kappa shape index (κ3) is 7.91. The maximum Gasteiger partial charge on any atom is 0.397 e. The van der Waals surface area contributed by atoms with Gasteiger partial charge in [0.25, 0.3) is 0 Å². The van der Waals surface area contributed by atoms with Crippen LogP contribution in [0.2, 0.25) is 65.5 Å². The van der Waals surface area contributed by atoms with Crippen molar-refractivity contribution >= 4 is 62.7 Å². The van der Waals surface area contributed by atoms with E-state index in [1.54, 1.807) is 6.92 Å². The van der Waals surface area contributed by atoms with E-state index in [9.17, 15) is 4.79 Å². The zero-order valence-electron chi connectivity index (χ0n) is 27.7. The van der Waals surface area contributed by atoms with Crippen molar-refractivity contribution in [2.24, 2.45) is 23.2 Å². The quantitative estimate of drug-likeness (QED) is 0.118. The van der Waals surface area contributed by atoms with Crippen molar-refractivity contribution in [3.05, 3.63) is 12.2 Å². The first-order chi connectivity index (χ1) is 16.8. The van der Waals surface area contributed by atoms with Gasteiger partial charge in [-0.1, -0.05) is 74.3 Å². The van der Waals surface area contributed by atoms with Gasteiger partial charge in [-0.25, -0.2) is 4.79 Å². The second kappa shape index (κ2) is 12.5. The summed E-state index contributed by atoms with van der Waals surface area (Å²) in [6.45, 7) is 43.4. The van der Waals surface area contributed by atoms with Gasteiger partial charge in [0.15, 0.2) is 24.7 Å². The molecule has 1 unspecified atom stereocenters. The van der Waals surface area contributed by atoms with Crippen LogP contribution >= 0.6 is 0 Å². The van der Waals surface area contributed by atoms with Crippen molar-refractivity contribution in [2.75, 3.05) is 6.61 Å². The standard InChI is InChI=1S/C26H58O5Si7/c1-20(2)24(27)28-19-25(21(3)4,22(5)6)26(23(7)8,29-34-37(15,16)32-38(34,17)18)33(30-35(9,10)11)31-36(12,13)14/h21-23H,1,19H2,2-18H3. The molecule has 0 spiro atoms. The van der Waals surface area contributed by atoms with Crippen molar-refractivity contribution in [1.82, 2.24) is 0 Å². The van der Waals surface area contributed by atoms with Gasteiger partial charge in [-0.2, -0.15) is 0 Å². The largest absolute Gasteiger partial charge is 0.462 e. The highest BCUT2D eigenvalue weighted by Crippen LogP contribution is 2.55. The summed E-state index contributed by atoms with van der Waals surface area (Å²) in [5.41, 5.74) is -0.0515. The summed E-state index contributed by atoms with van der Waals surface area (Å²) in [6, 6.07) is 0. The molecule has 1 fully saturated rings. The molecule has 12 heteroatoms. The zero-order valence-corrected chi connectivity index (χ0v) is 34.7. The molecule has 0 aliphatic carbocycles. The van der Waals surface area contributed by atoms with Crippen molar-refractivity contribution in [3.63, 3.8) is 0 Å². The van der Waals surface area contributed by atoms with E-state index in [2.05, 4.69) is 114 Å². The normalized spacial score (nSPS) is 20.1. The van der Waals surface area contributed by atoms with Crippen LogP contribution in [0.4, 0.5) is 0 Å². The van der Waals surface area contributed by atoms with Gasteiger partial charge in [0.2, 0.25) is 0 Å². The molecule has 0 aromatic rings. The predicted molar refractivity (Wildman–Crippen MR) is 178 cm³/mol. The minimum absolute atomic E-state index is 0.133. The van der Waals surface area contributed by atoms with Crippen molar-refractivity contribution in [1.29, 1.82) is 0 Å². The Hall–Kier alpha value is 0.608. The molecule has 0 saturated carbocycles. The van der Waals surface area contributed by atoms with Gasteiger partial charge in [-0.05, 0) is 64.0 Å². The van der Waals surface area contributed by atoms with E-state index in [-0.39, 0.29) is 30.3 Å². The Morgan fingerprint density at radius 3 is 1.53 bits per heavy atom. The molecule has 220 valence electrons.